The third-order valence-corrected chi connectivity index (χ3v) is 2.98. The van der Waals surface area contributed by atoms with Gasteiger partial charge in [0, 0.05) is 18.5 Å². The Bertz CT molecular complexity index is 634. The first-order valence-corrected chi connectivity index (χ1v) is 6.67. The highest BCUT2D eigenvalue weighted by Crippen LogP contribution is 2.25. The van der Waals surface area contributed by atoms with Crippen molar-refractivity contribution in [2.45, 2.75) is 19.8 Å². The summed E-state index contributed by atoms with van der Waals surface area (Å²) < 4.78 is 5.22. The summed E-state index contributed by atoms with van der Waals surface area (Å²) in [4.78, 5) is 22.8. The van der Waals surface area contributed by atoms with Gasteiger partial charge in [0.15, 0.2) is 0 Å². The van der Waals surface area contributed by atoms with E-state index in [9.17, 15) is 9.59 Å². The highest BCUT2D eigenvalue weighted by Gasteiger charge is 2.22. The van der Waals surface area contributed by atoms with E-state index >= 15 is 0 Å². The van der Waals surface area contributed by atoms with Crippen molar-refractivity contribution < 1.29 is 19.2 Å². The predicted molar refractivity (Wildman–Crippen MR) is 75.9 cm³/mol. The summed E-state index contributed by atoms with van der Waals surface area (Å²) >= 11 is 0. The van der Waals surface area contributed by atoms with E-state index in [4.69, 9.17) is 9.63 Å². The fourth-order valence-electron chi connectivity index (χ4n) is 1.96. The van der Waals surface area contributed by atoms with E-state index in [0.717, 1.165) is 5.56 Å². The largest absolute Gasteiger partial charge is 0.481 e. The van der Waals surface area contributed by atoms with Crippen LogP contribution in [-0.2, 0) is 11.2 Å². The van der Waals surface area contributed by atoms with Crippen molar-refractivity contribution in [3.8, 4) is 11.3 Å². The topological polar surface area (TPSA) is 92.4 Å². The van der Waals surface area contributed by atoms with Gasteiger partial charge in [0.25, 0.3) is 5.91 Å². The van der Waals surface area contributed by atoms with Gasteiger partial charge in [-0.1, -0.05) is 42.4 Å². The Labute approximate surface area is 121 Å². The second-order valence-electron chi connectivity index (χ2n) is 4.45. The maximum absolute atomic E-state index is 12.3. The van der Waals surface area contributed by atoms with Crippen LogP contribution in [-0.4, -0.2) is 28.7 Å². The maximum atomic E-state index is 12.3. The second kappa shape index (κ2) is 6.69. The molecule has 0 aliphatic heterocycles. The van der Waals surface area contributed by atoms with E-state index in [2.05, 4.69) is 10.5 Å². The van der Waals surface area contributed by atoms with Gasteiger partial charge >= 0.3 is 5.97 Å². The number of benzene rings is 1. The molecule has 0 saturated heterocycles. The molecule has 2 aromatic rings. The quantitative estimate of drug-likeness (QED) is 0.849. The minimum absolute atomic E-state index is 0.0662. The molecule has 6 heteroatoms. The number of hydrogen-bond acceptors (Lipinski definition) is 4. The zero-order valence-corrected chi connectivity index (χ0v) is 11.6. The number of aryl methyl sites for hydroxylation is 1. The number of aromatic nitrogens is 1. The minimum Gasteiger partial charge on any atom is -0.481 e. The summed E-state index contributed by atoms with van der Waals surface area (Å²) in [5, 5.41) is 15.2. The van der Waals surface area contributed by atoms with E-state index in [1.54, 1.807) is 0 Å². The third-order valence-electron chi connectivity index (χ3n) is 2.98. The van der Waals surface area contributed by atoms with Crippen molar-refractivity contribution in [1.82, 2.24) is 10.5 Å². The predicted octanol–water partition coefficient (Wildman–Crippen LogP) is 2.11. The number of nitrogens with one attached hydrogen (secondary N) is 1. The second-order valence-corrected chi connectivity index (χ2v) is 4.45. The normalized spacial score (nSPS) is 10.3. The Hall–Kier alpha value is -2.63. The molecule has 2 N–H and O–H groups in total. The summed E-state index contributed by atoms with van der Waals surface area (Å²) in [7, 11) is 0. The monoisotopic (exact) mass is 288 g/mol. The van der Waals surface area contributed by atoms with Gasteiger partial charge in [-0.2, -0.15) is 0 Å². The highest BCUT2D eigenvalue weighted by atomic mass is 16.5. The third kappa shape index (κ3) is 3.47. The zero-order chi connectivity index (χ0) is 15.2. The van der Waals surface area contributed by atoms with E-state index in [1.807, 2.05) is 37.3 Å². The molecule has 110 valence electrons. The van der Waals surface area contributed by atoms with Crippen molar-refractivity contribution in [1.29, 1.82) is 0 Å². The number of hydrogen-bond donors (Lipinski definition) is 2. The fourth-order valence-corrected chi connectivity index (χ4v) is 1.96. The lowest BCUT2D eigenvalue weighted by molar-refractivity contribution is -0.136. The standard InChI is InChI=1S/C15H16N2O4/c1-2-11-13(15(20)16-9-8-12(18)19)14(17-21-11)10-6-4-3-5-7-10/h3-7H,2,8-9H2,1H3,(H,16,20)(H,18,19). The molecule has 6 nitrogen and oxygen atoms in total. The van der Waals surface area contributed by atoms with Gasteiger partial charge in [0.2, 0.25) is 0 Å². The van der Waals surface area contributed by atoms with Crippen molar-refractivity contribution in [3.63, 3.8) is 0 Å². The van der Waals surface area contributed by atoms with Crippen LogP contribution in [0.25, 0.3) is 11.3 Å². The Kier molecular flexibility index (Phi) is 4.71. The SMILES string of the molecule is CCc1onc(-c2ccccc2)c1C(=O)NCCC(=O)O. The van der Waals surface area contributed by atoms with Gasteiger partial charge < -0.3 is 14.9 Å². The van der Waals surface area contributed by atoms with Gasteiger partial charge in [-0.15, -0.1) is 0 Å². The van der Waals surface area contributed by atoms with Gasteiger partial charge in [-0.25, -0.2) is 0 Å². The molecule has 21 heavy (non-hydrogen) atoms. The molecule has 0 unspecified atom stereocenters. The lowest BCUT2D eigenvalue weighted by atomic mass is 10.0. The van der Waals surface area contributed by atoms with Crippen LogP contribution in [0.1, 0.15) is 29.5 Å². The van der Waals surface area contributed by atoms with Gasteiger partial charge in [-0.05, 0) is 0 Å². The lowest BCUT2D eigenvalue weighted by Gasteiger charge is -2.05. The van der Waals surface area contributed by atoms with Crippen LogP contribution < -0.4 is 5.32 Å². The number of rotatable bonds is 6. The Morgan fingerprint density at radius 1 is 1.29 bits per heavy atom. The molecule has 1 heterocycles. The van der Waals surface area contributed by atoms with E-state index in [0.29, 0.717) is 23.4 Å². The molecule has 0 saturated carbocycles. The molecule has 0 atom stereocenters. The van der Waals surface area contributed by atoms with Gasteiger partial charge in [-0.3, -0.25) is 9.59 Å². The Balaban J connectivity index is 2.26. The fraction of sp³-hybridized carbons (Fsp3) is 0.267. The first-order valence-electron chi connectivity index (χ1n) is 6.67. The van der Waals surface area contributed by atoms with Crippen LogP contribution >= 0.6 is 0 Å². The molecule has 0 aliphatic carbocycles. The maximum Gasteiger partial charge on any atom is 0.305 e. The summed E-state index contributed by atoms with van der Waals surface area (Å²) in [5.74, 6) is -0.838. The molecule has 1 amide bonds. The van der Waals surface area contributed by atoms with Crippen LogP contribution in [0, 0.1) is 0 Å². The summed E-state index contributed by atoms with van der Waals surface area (Å²) in [5.41, 5.74) is 1.62. The molecule has 0 spiro atoms. The molecule has 0 aliphatic rings. The number of carboxylic acid groups (broad SMARTS) is 1. The summed E-state index contributed by atoms with van der Waals surface area (Å²) in [6.45, 7) is 1.93. The smallest absolute Gasteiger partial charge is 0.305 e. The average molecular weight is 288 g/mol. The van der Waals surface area contributed by atoms with Crippen molar-refractivity contribution in [3.05, 3.63) is 41.7 Å². The van der Waals surface area contributed by atoms with E-state index < -0.39 is 5.97 Å². The van der Waals surface area contributed by atoms with Crippen LogP contribution in [0.15, 0.2) is 34.9 Å². The summed E-state index contributed by atoms with van der Waals surface area (Å²) in [6, 6.07) is 9.25. The first kappa shape index (κ1) is 14.8. The number of amides is 1. The summed E-state index contributed by atoms with van der Waals surface area (Å²) in [6.07, 6.45) is 0.403. The van der Waals surface area contributed by atoms with Crippen molar-refractivity contribution in [2.24, 2.45) is 0 Å². The molecule has 2 rings (SSSR count). The number of nitrogens with zero attached hydrogens (tertiary/aromatic N) is 1. The van der Waals surface area contributed by atoms with Crippen molar-refractivity contribution >= 4 is 11.9 Å². The number of carbonyl (C=O) groups is 2. The Morgan fingerprint density at radius 2 is 2.00 bits per heavy atom. The number of aliphatic carboxylic acids is 1. The minimum atomic E-state index is -0.959. The van der Waals surface area contributed by atoms with Crippen LogP contribution in [0.5, 0.6) is 0 Å². The first-order chi connectivity index (χ1) is 10.1. The molecule has 0 radical (unpaired) electrons. The van der Waals surface area contributed by atoms with Crippen molar-refractivity contribution in [2.75, 3.05) is 6.54 Å². The van der Waals surface area contributed by atoms with E-state index in [-0.39, 0.29) is 18.9 Å². The van der Waals surface area contributed by atoms with Crippen LogP contribution in [0.3, 0.4) is 0 Å². The van der Waals surface area contributed by atoms with Crippen LogP contribution in [0.2, 0.25) is 0 Å². The molecular formula is C15H16N2O4. The van der Waals surface area contributed by atoms with E-state index in [1.165, 1.54) is 0 Å². The molecule has 0 bridgehead atoms. The van der Waals surface area contributed by atoms with Gasteiger partial charge in [0.1, 0.15) is 17.0 Å². The zero-order valence-electron chi connectivity index (χ0n) is 11.6. The molecule has 0 fully saturated rings. The highest BCUT2D eigenvalue weighted by molar-refractivity contribution is 6.00. The molecule has 1 aromatic carbocycles. The lowest BCUT2D eigenvalue weighted by Crippen LogP contribution is -2.27. The average Bonchev–Trinajstić information content (AvgIpc) is 2.91. The number of carbonyl (C=O) groups excluding carboxylic acids is 1. The number of carboxylic acids is 1. The van der Waals surface area contributed by atoms with Crippen LogP contribution in [0.4, 0.5) is 0 Å². The Morgan fingerprint density at radius 3 is 2.62 bits per heavy atom. The molecule has 1 aromatic heterocycles. The van der Waals surface area contributed by atoms with Gasteiger partial charge in [0.05, 0.1) is 6.42 Å². The molecular weight excluding hydrogens is 272 g/mol.